The van der Waals surface area contributed by atoms with Crippen LogP contribution in [-0.2, 0) is 16.3 Å². The van der Waals surface area contributed by atoms with E-state index in [0.29, 0.717) is 12.0 Å². The van der Waals surface area contributed by atoms with Crippen molar-refractivity contribution >= 4 is 15.8 Å². The lowest BCUT2D eigenvalue weighted by atomic mass is 10.0. The van der Waals surface area contributed by atoms with E-state index in [4.69, 9.17) is 4.74 Å². The van der Waals surface area contributed by atoms with Crippen molar-refractivity contribution in [2.24, 2.45) is 0 Å². The topological polar surface area (TPSA) is 75.6 Å². The molecule has 7 nitrogen and oxygen atoms in total. The molecule has 2 aliphatic rings. The van der Waals surface area contributed by atoms with Crippen LogP contribution in [0.5, 0.6) is 5.75 Å². The summed E-state index contributed by atoms with van der Waals surface area (Å²) in [6, 6.07) is 6.88. The van der Waals surface area contributed by atoms with Crippen molar-refractivity contribution in [3.05, 3.63) is 41.7 Å². The third kappa shape index (κ3) is 3.77. The molecule has 1 fully saturated rings. The van der Waals surface area contributed by atoms with E-state index in [1.165, 1.54) is 23.5 Å². The number of sulfone groups is 1. The summed E-state index contributed by atoms with van der Waals surface area (Å²) in [7, 11) is -3.27. The van der Waals surface area contributed by atoms with Gasteiger partial charge in [-0.25, -0.2) is 18.4 Å². The number of hydrogen-bond acceptors (Lipinski definition) is 7. The van der Waals surface area contributed by atoms with Crippen molar-refractivity contribution in [2.45, 2.75) is 24.3 Å². The van der Waals surface area contributed by atoms with Crippen LogP contribution in [0.3, 0.4) is 0 Å². The monoisotopic (exact) mass is 388 g/mol. The standard InChI is InChI=1S/C19H24N4O3S/c1-14(16-4-3-15-5-10-26-18(15)11-16)22-6-8-23(9-7-22)19-20-12-17(13-21-19)27(2,24)25/h3-4,11-14H,5-10H2,1-2H3. The van der Waals surface area contributed by atoms with Crippen LogP contribution in [0, 0.1) is 0 Å². The molecule has 0 saturated carbocycles. The molecule has 0 amide bonds. The minimum Gasteiger partial charge on any atom is -0.493 e. The number of fused-ring (bicyclic) bond motifs is 1. The molecule has 3 heterocycles. The van der Waals surface area contributed by atoms with Gasteiger partial charge in [-0.05, 0) is 24.1 Å². The van der Waals surface area contributed by atoms with E-state index in [-0.39, 0.29) is 4.90 Å². The van der Waals surface area contributed by atoms with Crippen LogP contribution in [0.4, 0.5) is 5.95 Å². The average molecular weight is 388 g/mol. The van der Waals surface area contributed by atoms with Crippen LogP contribution in [0.25, 0.3) is 0 Å². The maximum absolute atomic E-state index is 11.5. The number of rotatable bonds is 4. The molecule has 1 aromatic carbocycles. The quantitative estimate of drug-likeness (QED) is 0.789. The Balaban J connectivity index is 1.40. The van der Waals surface area contributed by atoms with Crippen molar-refractivity contribution in [1.29, 1.82) is 0 Å². The van der Waals surface area contributed by atoms with Gasteiger partial charge in [-0.2, -0.15) is 0 Å². The summed E-state index contributed by atoms with van der Waals surface area (Å²) in [5.41, 5.74) is 2.57. The van der Waals surface area contributed by atoms with Crippen LogP contribution in [-0.4, -0.2) is 62.3 Å². The van der Waals surface area contributed by atoms with E-state index in [2.05, 4.69) is 44.9 Å². The second kappa shape index (κ2) is 7.09. The van der Waals surface area contributed by atoms with E-state index in [1.54, 1.807) is 0 Å². The number of ether oxygens (including phenoxy) is 1. The summed E-state index contributed by atoms with van der Waals surface area (Å²) in [5, 5.41) is 0. The van der Waals surface area contributed by atoms with E-state index < -0.39 is 9.84 Å². The summed E-state index contributed by atoms with van der Waals surface area (Å²) in [6.45, 7) is 6.42. The molecular formula is C19H24N4O3S. The molecule has 1 saturated heterocycles. The van der Waals surface area contributed by atoms with Gasteiger partial charge in [0.25, 0.3) is 0 Å². The molecule has 144 valence electrons. The fourth-order valence-electron chi connectivity index (χ4n) is 3.63. The molecular weight excluding hydrogens is 364 g/mol. The fraction of sp³-hybridized carbons (Fsp3) is 0.474. The van der Waals surface area contributed by atoms with Gasteiger partial charge in [0.05, 0.1) is 19.0 Å². The van der Waals surface area contributed by atoms with Gasteiger partial charge in [-0.3, -0.25) is 4.90 Å². The molecule has 0 aliphatic carbocycles. The Morgan fingerprint density at radius 2 is 1.81 bits per heavy atom. The third-order valence-electron chi connectivity index (χ3n) is 5.39. The largest absolute Gasteiger partial charge is 0.493 e. The highest BCUT2D eigenvalue weighted by atomic mass is 32.2. The van der Waals surface area contributed by atoms with Gasteiger partial charge in [0.1, 0.15) is 10.6 Å². The van der Waals surface area contributed by atoms with Gasteiger partial charge in [0, 0.05) is 44.9 Å². The second-order valence-electron chi connectivity index (χ2n) is 7.16. The SMILES string of the molecule is CC(c1ccc2c(c1)OCC2)N1CCN(c2ncc(S(C)(=O)=O)cn2)CC1. The first-order valence-electron chi connectivity index (χ1n) is 9.18. The summed E-state index contributed by atoms with van der Waals surface area (Å²) >= 11 is 0. The minimum absolute atomic E-state index is 0.150. The molecule has 1 unspecified atom stereocenters. The Morgan fingerprint density at radius 1 is 1.11 bits per heavy atom. The number of anilines is 1. The predicted molar refractivity (Wildman–Crippen MR) is 103 cm³/mol. The molecule has 1 atom stereocenters. The molecule has 0 bridgehead atoms. The van der Waals surface area contributed by atoms with Crippen molar-refractivity contribution in [1.82, 2.24) is 14.9 Å². The summed E-state index contributed by atoms with van der Waals surface area (Å²) in [4.78, 5) is 13.2. The Morgan fingerprint density at radius 3 is 2.48 bits per heavy atom. The van der Waals surface area contributed by atoms with Crippen molar-refractivity contribution in [3.63, 3.8) is 0 Å². The first-order chi connectivity index (χ1) is 12.9. The van der Waals surface area contributed by atoms with Gasteiger partial charge in [0.2, 0.25) is 5.95 Å². The highest BCUT2D eigenvalue weighted by molar-refractivity contribution is 7.90. The lowest BCUT2D eigenvalue weighted by Crippen LogP contribution is -2.47. The number of benzene rings is 1. The first kappa shape index (κ1) is 18.2. The molecule has 4 rings (SSSR count). The zero-order chi connectivity index (χ0) is 19.0. The Kier molecular flexibility index (Phi) is 4.77. The molecule has 0 spiro atoms. The Labute approximate surface area is 159 Å². The molecule has 2 aromatic rings. The maximum atomic E-state index is 11.5. The molecule has 0 radical (unpaired) electrons. The van der Waals surface area contributed by atoms with Crippen LogP contribution in [0.1, 0.15) is 24.1 Å². The smallest absolute Gasteiger partial charge is 0.225 e. The van der Waals surface area contributed by atoms with E-state index in [1.807, 2.05) is 0 Å². The lowest BCUT2D eigenvalue weighted by Gasteiger charge is -2.38. The van der Waals surface area contributed by atoms with Crippen LogP contribution in [0.15, 0.2) is 35.5 Å². The number of piperazine rings is 1. The zero-order valence-corrected chi connectivity index (χ0v) is 16.4. The van der Waals surface area contributed by atoms with Gasteiger partial charge in [-0.15, -0.1) is 0 Å². The van der Waals surface area contributed by atoms with E-state index >= 15 is 0 Å². The summed E-state index contributed by atoms with van der Waals surface area (Å²) < 4.78 is 28.8. The molecule has 2 aliphatic heterocycles. The Hall–Kier alpha value is -2.19. The summed E-state index contributed by atoms with van der Waals surface area (Å²) in [6.07, 6.45) is 4.94. The van der Waals surface area contributed by atoms with Crippen LogP contribution in [0.2, 0.25) is 0 Å². The number of aromatic nitrogens is 2. The van der Waals surface area contributed by atoms with Gasteiger partial charge < -0.3 is 9.64 Å². The average Bonchev–Trinajstić information content (AvgIpc) is 3.15. The van der Waals surface area contributed by atoms with E-state index in [0.717, 1.165) is 51.2 Å². The fourth-order valence-corrected chi connectivity index (χ4v) is 4.12. The number of nitrogens with zero attached hydrogens (tertiary/aromatic N) is 4. The van der Waals surface area contributed by atoms with E-state index in [9.17, 15) is 8.42 Å². The normalized spacial score (nSPS) is 18.8. The van der Waals surface area contributed by atoms with Gasteiger partial charge in [-0.1, -0.05) is 12.1 Å². The van der Waals surface area contributed by atoms with Crippen molar-refractivity contribution in [3.8, 4) is 5.75 Å². The Bertz CT molecular complexity index is 922. The lowest BCUT2D eigenvalue weighted by molar-refractivity contribution is 0.197. The summed E-state index contributed by atoms with van der Waals surface area (Å²) in [5.74, 6) is 1.61. The maximum Gasteiger partial charge on any atom is 0.225 e. The van der Waals surface area contributed by atoms with Gasteiger partial charge >= 0.3 is 0 Å². The second-order valence-corrected chi connectivity index (χ2v) is 9.17. The van der Waals surface area contributed by atoms with Gasteiger partial charge in [0.15, 0.2) is 9.84 Å². The molecule has 1 aromatic heterocycles. The zero-order valence-electron chi connectivity index (χ0n) is 15.6. The highest BCUT2D eigenvalue weighted by Crippen LogP contribution is 2.31. The highest BCUT2D eigenvalue weighted by Gasteiger charge is 2.25. The molecule has 27 heavy (non-hydrogen) atoms. The number of hydrogen-bond donors (Lipinski definition) is 0. The predicted octanol–water partition coefficient (Wildman–Crippen LogP) is 1.70. The third-order valence-corrected chi connectivity index (χ3v) is 6.46. The van der Waals surface area contributed by atoms with Crippen LogP contribution < -0.4 is 9.64 Å². The molecule has 8 heteroatoms. The molecule has 0 N–H and O–H groups in total. The minimum atomic E-state index is -3.27. The van der Waals surface area contributed by atoms with Crippen LogP contribution >= 0.6 is 0 Å². The van der Waals surface area contributed by atoms with Crippen molar-refractivity contribution < 1.29 is 13.2 Å². The van der Waals surface area contributed by atoms with Crippen molar-refractivity contribution in [2.75, 3.05) is 43.9 Å². The first-order valence-corrected chi connectivity index (χ1v) is 11.1.